The van der Waals surface area contributed by atoms with Crippen molar-refractivity contribution in [3.05, 3.63) is 47.5 Å². The quantitative estimate of drug-likeness (QED) is 0.853. The highest BCUT2D eigenvalue weighted by Gasteiger charge is 2.11. The van der Waals surface area contributed by atoms with Gasteiger partial charge in [0, 0.05) is 18.1 Å². The zero-order valence-corrected chi connectivity index (χ0v) is 11.6. The number of aryl methyl sites for hydroxylation is 1. The van der Waals surface area contributed by atoms with Crippen molar-refractivity contribution in [3.8, 4) is 0 Å². The van der Waals surface area contributed by atoms with Gasteiger partial charge in [-0.1, -0.05) is 30.3 Å². The Kier molecular flexibility index (Phi) is 4.66. The Hall–Kier alpha value is -1.46. The van der Waals surface area contributed by atoms with Gasteiger partial charge >= 0.3 is 0 Å². The summed E-state index contributed by atoms with van der Waals surface area (Å²) in [7, 11) is 0. The number of benzene rings is 1. The van der Waals surface area contributed by atoms with Crippen LogP contribution < -0.4 is 10.6 Å². The van der Waals surface area contributed by atoms with E-state index in [4.69, 9.17) is 18.0 Å². The van der Waals surface area contributed by atoms with Gasteiger partial charge in [-0.2, -0.15) is 0 Å². The molecule has 0 saturated heterocycles. The molecule has 0 fully saturated rings. The molecule has 0 amide bonds. The molecule has 0 spiro atoms. The fourth-order valence-electron chi connectivity index (χ4n) is 1.74. The fraction of sp³-hybridized carbons (Fsp3) is 0.231. The monoisotopic (exact) mass is 277 g/mol. The Morgan fingerprint density at radius 3 is 2.72 bits per heavy atom. The number of thiazole rings is 1. The number of nitrogens with zero attached hydrogens (tertiary/aromatic N) is 2. The van der Waals surface area contributed by atoms with E-state index < -0.39 is 0 Å². The zero-order chi connectivity index (χ0) is 12.8. The molecular weight excluding hydrogens is 262 g/mol. The van der Waals surface area contributed by atoms with Crippen molar-refractivity contribution >= 4 is 33.8 Å². The predicted molar refractivity (Wildman–Crippen MR) is 81.0 cm³/mol. The second-order valence-electron chi connectivity index (χ2n) is 3.89. The molecule has 0 atom stereocenters. The molecule has 0 aliphatic rings. The third-order valence-corrected chi connectivity index (χ3v) is 3.62. The molecule has 1 aromatic carbocycles. The summed E-state index contributed by atoms with van der Waals surface area (Å²) in [5, 5.41) is 3.19. The average molecular weight is 277 g/mol. The Morgan fingerprint density at radius 2 is 2.11 bits per heavy atom. The van der Waals surface area contributed by atoms with Gasteiger partial charge in [-0.25, -0.2) is 4.98 Å². The van der Waals surface area contributed by atoms with Gasteiger partial charge < -0.3 is 5.73 Å². The van der Waals surface area contributed by atoms with E-state index in [1.165, 1.54) is 5.56 Å². The minimum absolute atomic E-state index is 0.387. The summed E-state index contributed by atoms with van der Waals surface area (Å²) in [6, 6.07) is 10.4. The van der Waals surface area contributed by atoms with Crippen molar-refractivity contribution in [2.75, 3.05) is 11.4 Å². The van der Waals surface area contributed by atoms with E-state index in [1.54, 1.807) is 17.5 Å². The molecule has 0 bridgehead atoms. The average Bonchev–Trinajstić information content (AvgIpc) is 2.89. The molecule has 0 saturated carbocycles. The number of hydrogen-bond acceptors (Lipinski definition) is 3. The van der Waals surface area contributed by atoms with Crippen LogP contribution in [0.15, 0.2) is 41.9 Å². The number of aromatic nitrogens is 1. The largest absolute Gasteiger partial charge is 0.376 e. The minimum Gasteiger partial charge on any atom is -0.376 e. The van der Waals surface area contributed by atoms with E-state index in [1.807, 2.05) is 16.3 Å². The third kappa shape index (κ3) is 3.51. The molecule has 3 nitrogen and oxygen atoms in total. The van der Waals surface area contributed by atoms with Gasteiger partial charge in [0.05, 0.1) is 0 Å². The molecule has 2 rings (SSSR count). The minimum atomic E-state index is 0.387. The van der Waals surface area contributed by atoms with Gasteiger partial charge in [0.25, 0.3) is 0 Å². The summed E-state index contributed by atoms with van der Waals surface area (Å²) in [5.74, 6) is 0. The molecule has 1 aromatic heterocycles. The van der Waals surface area contributed by atoms with E-state index in [9.17, 15) is 0 Å². The summed E-state index contributed by atoms with van der Waals surface area (Å²) in [6.45, 7) is 0.803. The lowest BCUT2D eigenvalue weighted by Crippen LogP contribution is -2.36. The first-order valence-corrected chi connectivity index (χ1v) is 7.06. The Labute approximate surface area is 116 Å². The van der Waals surface area contributed by atoms with Crippen LogP contribution in [-0.4, -0.2) is 16.6 Å². The molecule has 5 heteroatoms. The van der Waals surface area contributed by atoms with Gasteiger partial charge in [0.15, 0.2) is 10.2 Å². The number of anilines is 1. The standard InChI is InChI=1S/C13H15N3S2/c14-12(17)16(13-15-8-10-18-13)9-4-7-11-5-2-1-3-6-11/h1-3,5-6,8,10H,4,7,9H2,(H2,14,17). The van der Waals surface area contributed by atoms with Crippen LogP contribution in [0.1, 0.15) is 12.0 Å². The van der Waals surface area contributed by atoms with Crippen molar-refractivity contribution in [2.24, 2.45) is 5.73 Å². The summed E-state index contributed by atoms with van der Waals surface area (Å²) in [6.07, 6.45) is 3.79. The Bertz CT molecular complexity index is 482. The fourth-order valence-corrected chi connectivity index (χ4v) is 2.65. The lowest BCUT2D eigenvalue weighted by molar-refractivity contribution is 0.817. The lowest BCUT2D eigenvalue weighted by Gasteiger charge is -2.19. The summed E-state index contributed by atoms with van der Waals surface area (Å²) in [4.78, 5) is 6.13. The van der Waals surface area contributed by atoms with Crippen molar-refractivity contribution in [1.29, 1.82) is 0 Å². The molecule has 0 aliphatic carbocycles. The third-order valence-electron chi connectivity index (χ3n) is 2.61. The number of nitrogens with two attached hydrogens (primary N) is 1. The highest BCUT2D eigenvalue weighted by atomic mass is 32.1. The maximum atomic E-state index is 5.73. The lowest BCUT2D eigenvalue weighted by atomic mass is 10.1. The number of hydrogen-bond donors (Lipinski definition) is 1. The van der Waals surface area contributed by atoms with E-state index in [-0.39, 0.29) is 0 Å². The van der Waals surface area contributed by atoms with Crippen molar-refractivity contribution in [3.63, 3.8) is 0 Å². The van der Waals surface area contributed by atoms with E-state index in [0.29, 0.717) is 5.11 Å². The van der Waals surface area contributed by atoms with Crippen LogP contribution in [0.25, 0.3) is 0 Å². The molecule has 2 N–H and O–H groups in total. The molecule has 0 unspecified atom stereocenters. The maximum Gasteiger partial charge on any atom is 0.191 e. The first kappa shape index (κ1) is 13.0. The predicted octanol–water partition coefficient (Wildman–Crippen LogP) is 2.83. The van der Waals surface area contributed by atoms with E-state index >= 15 is 0 Å². The van der Waals surface area contributed by atoms with Crippen LogP contribution in [0.2, 0.25) is 0 Å². The Balaban J connectivity index is 1.89. The maximum absolute atomic E-state index is 5.73. The number of rotatable bonds is 5. The van der Waals surface area contributed by atoms with E-state index in [0.717, 1.165) is 24.5 Å². The SMILES string of the molecule is NC(=S)N(CCCc1ccccc1)c1nccs1. The number of thiocarbonyl (C=S) groups is 1. The van der Waals surface area contributed by atoms with Gasteiger partial charge in [-0.15, -0.1) is 11.3 Å². The highest BCUT2D eigenvalue weighted by molar-refractivity contribution is 7.80. The second kappa shape index (κ2) is 6.47. The molecule has 0 aliphatic heterocycles. The van der Waals surface area contributed by atoms with Crippen LogP contribution in [0.3, 0.4) is 0 Å². The molecule has 18 heavy (non-hydrogen) atoms. The van der Waals surface area contributed by atoms with Crippen LogP contribution in [-0.2, 0) is 6.42 Å². The topological polar surface area (TPSA) is 42.1 Å². The van der Waals surface area contributed by atoms with Gasteiger partial charge in [0.2, 0.25) is 0 Å². The van der Waals surface area contributed by atoms with E-state index in [2.05, 4.69) is 29.2 Å². The first-order chi connectivity index (χ1) is 8.77. The molecule has 0 radical (unpaired) electrons. The van der Waals surface area contributed by atoms with Gasteiger partial charge in [-0.3, -0.25) is 4.90 Å². The van der Waals surface area contributed by atoms with Crippen molar-refractivity contribution in [2.45, 2.75) is 12.8 Å². The summed E-state index contributed by atoms with van der Waals surface area (Å²) < 4.78 is 0. The first-order valence-electron chi connectivity index (χ1n) is 5.78. The Morgan fingerprint density at radius 1 is 1.33 bits per heavy atom. The molecule has 94 valence electrons. The van der Waals surface area contributed by atoms with Crippen LogP contribution in [0.5, 0.6) is 0 Å². The zero-order valence-electron chi connectivity index (χ0n) is 9.95. The highest BCUT2D eigenvalue weighted by Crippen LogP contribution is 2.17. The van der Waals surface area contributed by atoms with Gasteiger partial charge in [0.1, 0.15) is 0 Å². The molecular formula is C13H15N3S2. The second-order valence-corrected chi connectivity index (χ2v) is 5.18. The van der Waals surface area contributed by atoms with Crippen molar-refractivity contribution in [1.82, 2.24) is 4.98 Å². The van der Waals surface area contributed by atoms with Crippen LogP contribution in [0, 0.1) is 0 Å². The van der Waals surface area contributed by atoms with Crippen molar-refractivity contribution < 1.29 is 0 Å². The smallest absolute Gasteiger partial charge is 0.191 e. The van der Waals surface area contributed by atoms with Crippen LogP contribution >= 0.6 is 23.6 Å². The van der Waals surface area contributed by atoms with Gasteiger partial charge in [-0.05, 0) is 30.6 Å². The molecule has 1 heterocycles. The summed E-state index contributed by atoms with van der Waals surface area (Å²) >= 11 is 6.62. The van der Waals surface area contributed by atoms with Crippen LogP contribution in [0.4, 0.5) is 5.13 Å². The normalized spacial score (nSPS) is 10.2. The summed E-state index contributed by atoms with van der Waals surface area (Å²) in [5.41, 5.74) is 7.06. The molecule has 2 aromatic rings.